The van der Waals surface area contributed by atoms with Gasteiger partial charge in [-0.1, -0.05) is 232 Å². The van der Waals surface area contributed by atoms with Crippen molar-refractivity contribution in [3.63, 3.8) is 0 Å². The number of esters is 1. The lowest BCUT2D eigenvalue weighted by Gasteiger charge is -2.22. The SMILES string of the molecule is CCCCCCCCCCCCCCCCCCC(O)C(CO)NC(=O)CCCCCCCCCCCCOC(=O)CCCCCCCCCCCCC. The van der Waals surface area contributed by atoms with Gasteiger partial charge in [0.1, 0.15) is 0 Å². The Balaban J connectivity index is 3.48. The van der Waals surface area contributed by atoms with E-state index in [9.17, 15) is 19.8 Å². The van der Waals surface area contributed by atoms with Gasteiger partial charge >= 0.3 is 5.97 Å². The Morgan fingerprint density at radius 2 is 0.759 bits per heavy atom. The predicted molar refractivity (Wildman–Crippen MR) is 232 cm³/mol. The van der Waals surface area contributed by atoms with Gasteiger partial charge in [-0.05, 0) is 25.7 Å². The Morgan fingerprint density at radius 1 is 0.444 bits per heavy atom. The van der Waals surface area contributed by atoms with Gasteiger partial charge in [-0.25, -0.2) is 0 Å². The Bertz CT molecular complexity index is 761. The highest BCUT2D eigenvalue weighted by atomic mass is 16.5. The fraction of sp³-hybridized carbons (Fsp3) is 0.958. The molecule has 0 aromatic heterocycles. The fourth-order valence-corrected chi connectivity index (χ4v) is 7.64. The van der Waals surface area contributed by atoms with Crippen molar-refractivity contribution in [3.05, 3.63) is 0 Å². The highest BCUT2D eigenvalue weighted by Gasteiger charge is 2.20. The first-order chi connectivity index (χ1) is 26.5. The average Bonchev–Trinajstić information content (AvgIpc) is 3.17. The minimum atomic E-state index is -0.676. The number of aliphatic hydroxyl groups is 2. The molecule has 0 heterocycles. The van der Waals surface area contributed by atoms with Crippen molar-refractivity contribution in [3.8, 4) is 0 Å². The number of hydrogen-bond donors (Lipinski definition) is 3. The Hall–Kier alpha value is -1.14. The van der Waals surface area contributed by atoms with E-state index in [1.165, 1.54) is 180 Å². The minimum Gasteiger partial charge on any atom is -0.466 e. The first kappa shape index (κ1) is 52.9. The molecule has 0 radical (unpaired) electrons. The molecule has 0 saturated carbocycles. The molecular formula is C48H95NO5. The third-order valence-corrected chi connectivity index (χ3v) is 11.4. The van der Waals surface area contributed by atoms with E-state index in [1.54, 1.807) is 0 Å². The summed E-state index contributed by atoms with van der Waals surface area (Å²) in [7, 11) is 0. The number of hydrogen-bond acceptors (Lipinski definition) is 5. The summed E-state index contributed by atoms with van der Waals surface area (Å²) in [5.74, 6) is -0.0743. The molecule has 0 aromatic carbocycles. The summed E-state index contributed by atoms with van der Waals surface area (Å²) in [6.45, 7) is 4.90. The zero-order valence-corrected chi connectivity index (χ0v) is 36.5. The molecule has 2 unspecified atom stereocenters. The van der Waals surface area contributed by atoms with Crippen LogP contribution >= 0.6 is 0 Å². The van der Waals surface area contributed by atoms with Gasteiger partial charge in [0, 0.05) is 12.8 Å². The number of ether oxygens (including phenoxy) is 1. The van der Waals surface area contributed by atoms with Gasteiger partial charge in [-0.2, -0.15) is 0 Å². The van der Waals surface area contributed by atoms with Gasteiger partial charge in [-0.15, -0.1) is 0 Å². The van der Waals surface area contributed by atoms with E-state index in [-0.39, 0.29) is 18.5 Å². The standard InChI is InChI=1S/C48H95NO5/c1-3-5-7-9-11-13-15-16-17-18-19-21-24-28-32-36-40-46(51)45(44-50)49-47(52)41-37-33-29-25-22-23-27-31-35-39-43-54-48(53)42-38-34-30-26-20-14-12-10-8-6-4-2/h45-46,50-51H,3-44H2,1-2H3,(H,49,52). The van der Waals surface area contributed by atoms with Crippen LogP contribution in [0, 0.1) is 0 Å². The molecule has 322 valence electrons. The molecule has 54 heavy (non-hydrogen) atoms. The molecule has 6 heteroatoms. The molecular weight excluding hydrogens is 671 g/mol. The normalized spacial score (nSPS) is 12.6. The molecule has 0 saturated heterocycles. The van der Waals surface area contributed by atoms with E-state index < -0.39 is 12.1 Å². The highest BCUT2D eigenvalue weighted by molar-refractivity contribution is 5.76. The van der Waals surface area contributed by atoms with Crippen molar-refractivity contribution in [2.24, 2.45) is 0 Å². The maximum atomic E-state index is 12.4. The van der Waals surface area contributed by atoms with Crippen LogP contribution in [0.5, 0.6) is 0 Å². The lowest BCUT2D eigenvalue weighted by Crippen LogP contribution is -2.45. The van der Waals surface area contributed by atoms with Gasteiger partial charge in [0.25, 0.3) is 0 Å². The van der Waals surface area contributed by atoms with E-state index in [2.05, 4.69) is 19.2 Å². The van der Waals surface area contributed by atoms with Crippen LogP contribution < -0.4 is 5.32 Å². The molecule has 6 nitrogen and oxygen atoms in total. The first-order valence-electron chi connectivity index (χ1n) is 24.3. The van der Waals surface area contributed by atoms with Gasteiger partial charge in [0.05, 0.1) is 25.4 Å². The molecule has 0 aliphatic carbocycles. The second-order valence-electron chi connectivity index (χ2n) is 16.8. The van der Waals surface area contributed by atoms with Crippen molar-refractivity contribution in [2.75, 3.05) is 13.2 Å². The fourth-order valence-electron chi connectivity index (χ4n) is 7.64. The molecule has 0 aromatic rings. The van der Waals surface area contributed by atoms with Crippen molar-refractivity contribution in [1.82, 2.24) is 5.32 Å². The summed E-state index contributed by atoms with van der Waals surface area (Å²) in [6.07, 6.45) is 47.7. The number of amides is 1. The molecule has 0 fully saturated rings. The minimum absolute atomic E-state index is 0.0186. The van der Waals surface area contributed by atoms with Crippen molar-refractivity contribution >= 4 is 11.9 Å². The van der Waals surface area contributed by atoms with Crippen LogP contribution in [-0.4, -0.2) is 47.4 Å². The van der Waals surface area contributed by atoms with Gasteiger partial charge in [0.2, 0.25) is 5.91 Å². The number of carbonyl (C=O) groups excluding carboxylic acids is 2. The third-order valence-electron chi connectivity index (χ3n) is 11.4. The molecule has 3 N–H and O–H groups in total. The molecule has 0 bridgehead atoms. The van der Waals surface area contributed by atoms with Crippen LogP contribution in [0.25, 0.3) is 0 Å². The second-order valence-corrected chi connectivity index (χ2v) is 16.8. The van der Waals surface area contributed by atoms with E-state index in [1.807, 2.05) is 0 Å². The molecule has 0 aliphatic rings. The van der Waals surface area contributed by atoms with Crippen LogP contribution in [0.3, 0.4) is 0 Å². The van der Waals surface area contributed by atoms with E-state index in [0.29, 0.717) is 25.9 Å². The Kier molecular flexibility index (Phi) is 43.6. The van der Waals surface area contributed by atoms with E-state index in [0.717, 1.165) is 57.8 Å². The zero-order chi connectivity index (χ0) is 39.4. The van der Waals surface area contributed by atoms with Crippen molar-refractivity contribution < 1.29 is 24.5 Å². The van der Waals surface area contributed by atoms with Crippen LogP contribution in [0.4, 0.5) is 0 Å². The molecule has 0 rings (SSSR count). The summed E-state index contributed by atoms with van der Waals surface area (Å²) in [5.41, 5.74) is 0. The highest BCUT2D eigenvalue weighted by Crippen LogP contribution is 2.16. The second kappa shape index (κ2) is 44.6. The molecule has 0 aliphatic heterocycles. The van der Waals surface area contributed by atoms with Gasteiger partial charge in [0.15, 0.2) is 0 Å². The van der Waals surface area contributed by atoms with Crippen molar-refractivity contribution in [1.29, 1.82) is 0 Å². The molecule has 0 spiro atoms. The molecule has 2 atom stereocenters. The zero-order valence-electron chi connectivity index (χ0n) is 36.5. The summed E-state index contributed by atoms with van der Waals surface area (Å²) < 4.78 is 5.43. The lowest BCUT2D eigenvalue weighted by atomic mass is 10.0. The number of rotatable bonds is 45. The smallest absolute Gasteiger partial charge is 0.305 e. The summed E-state index contributed by atoms with van der Waals surface area (Å²) >= 11 is 0. The number of carbonyl (C=O) groups is 2. The number of nitrogens with one attached hydrogen (secondary N) is 1. The largest absolute Gasteiger partial charge is 0.466 e. The van der Waals surface area contributed by atoms with Gasteiger partial charge < -0.3 is 20.3 Å². The van der Waals surface area contributed by atoms with E-state index >= 15 is 0 Å². The summed E-state index contributed by atoms with van der Waals surface area (Å²) in [5, 5.41) is 23.2. The monoisotopic (exact) mass is 766 g/mol. The quantitative estimate of drug-likeness (QED) is 0.0424. The van der Waals surface area contributed by atoms with Crippen molar-refractivity contribution in [2.45, 2.75) is 283 Å². The summed E-state index contributed by atoms with van der Waals surface area (Å²) in [6, 6.07) is -0.555. The van der Waals surface area contributed by atoms with Crippen LogP contribution in [0.1, 0.15) is 271 Å². The first-order valence-corrected chi connectivity index (χ1v) is 24.3. The molecule has 1 amide bonds. The average molecular weight is 766 g/mol. The maximum absolute atomic E-state index is 12.4. The maximum Gasteiger partial charge on any atom is 0.305 e. The van der Waals surface area contributed by atoms with Crippen LogP contribution in [0.2, 0.25) is 0 Å². The lowest BCUT2D eigenvalue weighted by molar-refractivity contribution is -0.143. The topological polar surface area (TPSA) is 95.9 Å². The Labute approximate surface area is 336 Å². The Morgan fingerprint density at radius 3 is 1.13 bits per heavy atom. The van der Waals surface area contributed by atoms with Gasteiger partial charge in [-0.3, -0.25) is 9.59 Å². The van der Waals surface area contributed by atoms with Crippen LogP contribution in [0.15, 0.2) is 0 Å². The van der Waals surface area contributed by atoms with E-state index in [4.69, 9.17) is 4.74 Å². The number of unbranched alkanes of at least 4 members (excludes halogenated alkanes) is 34. The predicted octanol–water partition coefficient (Wildman–Crippen LogP) is 14.0. The number of aliphatic hydroxyl groups excluding tert-OH is 2. The summed E-state index contributed by atoms with van der Waals surface area (Å²) in [4.78, 5) is 24.4. The van der Waals surface area contributed by atoms with Crippen LogP contribution in [-0.2, 0) is 14.3 Å². The third kappa shape index (κ3) is 40.5.